The molecule has 0 rings (SSSR count). The fourth-order valence-corrected chi connectivity index (χ4v) is 4.04. The minimum Gasteiger partial charge on any atom is -0.748 e. The summed E-state index contributed by atoms with van der Waals surface area (Å²) in [6.07, 6.45) is 16.4. The first-order valence-electron chi connectivity index (χ1n) is 10.1. The van der Waals surface area contributed by atoms with Crippen molar-refractivity contribution in [2.45, 2.75) is 115 Å². The second kappa shape index (κ2) is 19.6. The molecule has 1 unspecified atom stereocenters. The summed E-state index contributed by atoms with van der Waals surface area (Å²) < 4.78 is 34.0. The van der Waals surface area contributed by atoms with Crippen LogP contribution in [0.5, 0.6) is 0 Å². The summed E-state index contributed by atoms with van der Waals surface area (Å²) in [7, 11) is -4.13. The largest absolute Gasteiger partial charge is 1.00 e. The smallest absolute Gasteiger partial charge is 0.748 e. The van der Waals surface area contributed by atoms with Crippen LogP contribution in [0.3, 0.4) is 0 Å². The van der Waals surface area contributed by atoms with Crippen molar-refractivity contribution in [3.63, 3.8) is 0 Å². The van der Waals surface area contributed by atoms with Crippen LogP contribution >= 0.6 is 0 Å². The molecule has 0 aromatic rings. The molecule has 0 amide bonds. The van der Waals surface area contributed by atoms with Crippen molar-refractivity contribution in [1.29, 1.82) is 0 Å². The number of hydrogen-bond donors (Lipinski definition) is 1. The van der Waals surface area contributed by atoms with Crippen LogP contribution in [0, 0.1) is 0 Å². The van der Waals surface area contributed by atoms with Crippen molar-refractivity contribution < 1.29 is 47.6 Å². The van der Waals surface area contributed by atoms with Gasteiger partial charge >= 0.3 is 29.6 Å². The molecule has 0 spiro atoms. The molecule has 0 aliphatic heterocycles. The molecule has 0 aromatic heterocycles. The van der Waals surface area contributed by atoms with E-state index in [0.29, 0.717) is 19.4 Å². The van der Waals surface area contributed by atoms with Gasteiger partial charge in [-0.3, -0.25) is 0 Å². The van der Waals surface area contributed by atoms with E-state index in [4.69, 9.17) is 5.11 Å². The van der Waals surface area contributed by atoms with Crippen LogP contribution in [0.1, 0.15) is 110 Å². The van der Waals surface area contributed by atoms with Gasteiger partial charge in [-0.05, 0) is 19.3 Å². The summed E-state index contributed by atoms with van der Waals surface area (Å²) >= 11 is 0. The summed E-state index contributed by atoms with van der Waals surface area (Å²) in [5, 5.41) is 8.03. The molecule has 0 saturated heterocycles. The van der Waals surface area contributed by atoms with E-state index in [1.807, 2.05) is 0 Å². The van der Waals surface area contributed by atoms with Crippen LogP contribution in [0.4, 0.5) is 0 Å². The number of aliphatic hydroxyl groups is 1. The SMILES string of the molecule is CCCCCCC(CCCCCCCCCCCCO)S(=O)(=O)[O-].[Na+]. The number of unbranched alkanes of at least 4 members (excludes halogenated alkanes) is 12. The van der Waals surface area contributed by atoms with Crippen LogP contribution in [-0.4, -0.2) is 29.9 Å². The molecule has 1 atom stereocenters. The third kappa shape index (κ3) is 19.4. The molecule has 1 N–H and O–H groups in total. The Morgan fingerprint density at radius 2 is 1.08 bits per heavy atom. The molecular weight excluding hydrogens is 347 g/mol. The predicted molar refractivity (Wildman–Crippen MR) is 100 cm³/mol. The molecule has 4 nitrogen and oxygen atoms in total. The maximum atomic E-state index is 11.3. The van der Waals surface area contributed by atoms with Crippen LogP contribution in [-0.2, 0) is 10.1 Å². The van der Waals surface area contributed by atoms with Gasteiger partial charge in [0.15, 0.2) is 0 Å². The zero-order valence-electron chi connectivity index (χ0n) is 16.7. The van der Waals surface area contributed by atoms with Gasteiger partial charge in [0.25, 0.3) is 0 Å². The van der Waals surface area contributed by atoms with Gasteiger partial charge in [0.05, 0.1) is 10.1 Å². The fourth-order valence-electron chi connectivity index (χ4n) is 3.13. The molecule has 0 aliphatic rings. The van der Waals surface area contributed by atoms with Crippen LogP contribution in [0.25, 0.3) is 0 Å². The second-order valence-corrected chi connectivity index (χ2v) is 8.66. The maximum absolute atomic E-state index is 11.3. The molecule has 0 heterocycles. The zero-order chi connectivity index (χ0) is 18.1. The molecule has 0 aliphatic carbocycles. The van der Waals surface area contributed by atoms with E-state index < -0.39 is 15.4 Å². The Balaban J connectivity index is 0. The molecule has 146 valence electrons. The molecule has 0 aromatic carbocycles. The maximum Gasteiger partial charge on any atom is 1.00 e. The Morgan fingerprint density at radius 3 is 1.44 bits per heavy atom. The van der Waals surface area contributed by atoms with Crippen molar-refractivity contribution in [3.8, 4) is 0 Å². The topological polar surface area (TPSA) is 77.4 Å². The normalized spacial score (nSPS) is 12.8. The Morgan fingerprint density at radius 1 is 0.720 bits per heavy atom. The van der Waals surface area contributed by atoms with Crippen LogP contribution < -0.4 is 29.6 Å². The third-order valence-electron chi connectivity index (χ3n) is 4.72. The Kier molecular flexibility index (Phi) is 22.0. The molecule has 0 fully saturated rings. The van der Waals surface area contributed by atoms with Crippen molar-refractivity contribution in [3.05, 3.63) is 0 Å². The van der Waals surface area contributed by atoms with Gasteiger partial charge < -0.3 is 9.66 Å². The molecule has 0 bridgehead atoms. The van der Waals surface area contributed by atoms with Gasteiger partial charge in [-0.1, -0.05) is 90.4 Å². The van der Waals surface area contributed by atoms with E-state index in [2.05, 4.69) is 6.92 Å². The van der Waals surface area contributed by atoms with Crippen LogP contribution in [0.15, 0.2) is 0 Å². The first-order valence-corrected chi connectivity index (χ1v) is 11.5. The average Bonchev–Trinajstić information content (AvgIpc) is 2.53. The molecule has 25 heavy (non-hydrogen) atoms. The summed E-state index contributed by atoms with van der Waals surface area (Å²) in [5.41, 5.74) is 0. The van der Waals surface area contributed by atoms with Gasteiger partial charge in [0.2, 0.25) is 0 Å². The second-order valence-electron chi connectivity index (χ2n) is 7.01. The first-order chi connectivity index (χ1) is 11.5. The quantitative estimate of drug-likeness (QED) is 0.222. The van der Waals surface area contributed by atoms with Gasteiger partial charge in [0, 0.05) is 11.9 Å². The molecular formula is C19H39NaO4S. The van der Waals surface area contributed by atoms with E-state index in [0.717, 1.165) is 57.8 Å². The number of aliphatic hydroxyl groups excluding tert-OH is 1. The Bertz CT molecular complexity index is 360. The van der Waals surface area contributed by atoms with Gasteiger partial charge in [-0.2, -0.15) is 0 Å². The Labute approximate surface area is 178 Å². The van der Waals surface area contributed by atoms with Crippen molar-refractivity contribution in [1.82, 2.24) is 0 Å². The number of hydrogen-bond acceptors (Lipinski definition) is 4. The van der Waals surface area contributed by atoms with Gasteiger partial charge in [-0.25, -0.2) is 8.42 Å². The minimum absolute atomic E-state index is 0. The fraction of sp³-hybridized carbons (Fsp3) is 1.00. The van der Waals surface area contributed by atoms with Crippen molar-refractivity contribution in [2.24, 2.45) is 0 Å². The molecule has 0 radical (unpaired) electrons. The van der Waals surface area contributed by atoms with E-state index in [-0.39, 0.29) is 29.6 Å². The van der Waals surface area contributed by atoms with E-state index in [1.54, 1.807) is 0 Å². The molecule has 6 heteroatoms. The summed E-state index contributed by atoms with van der Waals surface area (Å²) in [6, 6.07) is 0. The zero-order valence-corrected chi connectivity index (χ0v) is 19.5. The summed E-state index contributed by atoms with van der Waals surface area (Å²) in [4.78, 5) is 0. The Hall–Kier alpha value is 0.870. The molecule has 0 saturated carbocycles. The average molecular weight is 387 g/mol. The van der Waals surface area contributed by atoms with Crippen LogP contribution in [0.2, 0.25) is 0 Å². The summed E-state index contributed by atoms with van der Waals surface area (Å²) in [5.74, 6) is 0. The summed E-state index contributed by atoms with van der Waals surface area (Å²) in [6.45, 7) is 2.43. The van der Waals surface area contributed by atoms with E-state index in [1.165, 1.54) is 32.1 Å². The third-order valence-corrected chi connectivity index (χ3v) is 6.01. The monoisotopic (exact) mass is 386 g/mol. The van der Waals surface area contributed by atoms with Crippen molar-refractivity contribution in [2.75, 3.05) is 6.61 Å². The van der Waals surface area contributed by atoms with E-state index in [9.17, 15) is 13.0 Å². The predicted octanol–water partition coefficient (Wildman–Crippen LogP) is 2.16. The van der Waals surface area contributed by atoms with Crippen molar-refractivity contribution >= 4 is 10.1 Å². The standard InChI is InChI=1S/C19H40O4S.Na/c1-2-3-4-13-16-19(24(21,22)23)17-14-11-9-7-5-6-8-10-12-15-18-20;/h19-20H,2-18H2,1H3,(H,21,22,23);/q;+1/p-1. The van der Waals surface area contributed by atoms with E-state index >= 15 is 0 Å². The number of rotatable bonds is 18. The first kappa shape index (κ1) is 28.1. The minimum atomic E-state index is -4.13. The van der Waals surface area contributed by atoms with Gasteiger partial charge in [-0.15, -0.1) is 0 Å². The van der Waals surface area contributed by atoms with Gasteiger partial charge in [0.1, 0.15) is 0 Å².